The number of anilines is 3. The molecule has 2 bridgehead atoms. The van der Waals surface area contributed by atoms with Crippen molar-refractivity contribution in [3.8, 4) is 11.5 Å². The van der Waals surface area contributed by atoms with Gasteiger partial charge in [-0.15, -0.1) is 0 Å². The molecule has 1 unspecified atom stereocenters. The number of hydrogen-bond acceptors (Lipinski definition) is 9. The smallest absolute Gasteiger partial charge is 0.247 e. The van der Waals surface area contributed by atoms with Crippen LogP contribution in [-0.4, -0.2) is 64.2 Å². The topological polar surface area (TPSA) is 111 Å². The van der Waals surface area contributed by atoms with Gasteiger partial charge >= 0.3 is 0 Å². The Morgan fingerprint density at radius 2 is 2.07 bits per heavy atom. The summed E-state index contributed by atoms with van der Waals surface area (Å²) < 4.78 is 31.3. The van der Waals surface area contributed by atoms with E-state index in [1.165, 1.54) is 31.3 Å². The highest BCUT2D eigenvalue weighted by atomic mass is 35.5. The molecule has 0 saturated carbocycles. The molecule has 3 saturated heterocycles. The number of fused-ring (bicyclic) bond motifs is 5. The van der Waals surface area contributed by atoms with E-state index >= 15 is 0 Å². The van der Waals surface area contributed by atoms with Gasteiger partial charge in [-0.2, -0.15) is 4.39 Å². The highest BCUT2D eigenvalue weighted by Crippen LogP contribution is 2.35. The molecule has 2 N–H and O–H groups in total. The van der Waals surface area contributed by atoms with E-state index in [9.17, 15) is 9.18 Å². The first-order valence-electron chi connectivity index (χ1n) is 15.0. The monoisotopic (exact) mass is 632 g/mol. The molecule has 3 aliphatic rings. The van der Waals surface area contributed by atoms with Crippen molar-refractivity contribution in [2.24, 2.45) is 0 Å². The van der Waals surface area contributed by atoms with Gasteiger partial charge in [-0.1, -0.05) is 24.2 Å². The first-order valence-corrected chi connectivity index (χ1v) is 15.3. The molecule has 2 aromatic carbocycles. The molecule has 10 nitrogen and oxygen atoms in total. The lowest BCUT2D eigenvalue weighted by molar-refractivity contribution is -0.111. The Morgan fingerprint density at radius 1 is 1.16 bits per heavy atom. The summed E-state index contributed by atoms with van der Waals surface area (Å²) in [4.78, 5) is 27.5. The third-order valence-corrected chi connectivity index (χ3v) is 8.21. The molecule has 2 atom stereocenters. The maximum Gasteiger partial charge on any atom is 0.247 e. The number of carbonyl (C=O) groups is 1. The second kappa shape index (κ2) is 14.2. The summed E-state index contributed by atoms with van der Waals surface area (Å²) >= 11 is 6.49. The Labute approximate surface area is 265 Å². The minimum absolute atomic E-state index is 0.0681. The molecule has 7 rings (SSSR count). The minimum atomic E-state index is -0.574. The molecule has 234 valence electrons. The fraction of sp³-hybridized carbons (Fsp3) is 0.333. The second-order valence-corrected chi connectivity index (χ2v) is 11.4. The van der Waals surface area contributed by atoms with Gasteiger partial charge in [0.1, 0.15) is 30.3 Å². The van der Waals surface area contributed by atoms with E-state index in [-0.39, 0.29) is 12.5 Å². The van der Waals surface area contributed by atoms with Crippen LogP contribution >= 0.6 is 11.6 Å². The Hall–Kier alpha value is -4.32. The molecule has 3 aliphatic heterocycles. The SMILES string of the molecule is C=CC(=O)Nc1cc2c(Nc3ccc(OCc4cccc(F)n4)c(Cl)c3)ncnc2cc1OCCCN1CC2CCC[C@H]1CO2. The van der Waals surface area contributed by atoms with Crippen LogP contribution in [0.1, 0.15) is 31.4 Å². The fourth-order valence-corrected chi connectivity index (χ4v) is 5.90. The number of amides is 1. The molecule has 5 heterocycles. The van der Waals surface area contributed by atoms with Crippen LogP contribution in [0.3, 0.4) is 0 Å². The molecule has 45 heavy (non-hydrogen) atoms. The fourth-order valence-electron chi connectivity index (χ4n) is 5.66. The quantitative estimate of drug-likeness (QED) is 0.106. The lowest BCUT2D eigenvalue weighted by Crippen LogP contribution is -2.47. The van der Waals surface area contributed by atoms with Gasteiger partial charge in [-0.05, 0) is 68.2 Å². The third kappa shape index (κ3) is 7.67. The highest BCUT2D eigenvalue weighted by Gasteiger charge is 2.31. The van der Waals surface area contributed by atoms with Gasteiger partial charge in [-0.25, -0.2) is 15.0 Å². The standard InChI is InChI=1S/C33H34ClFN6O4/c1-2-32(42)40-28-15-25-27(16-30(28)43-13-5-12-41-17-24-8-4-7-23(41)19-44-24)36-20-37-33(25)39-21-10-11-29(26(34)14-21)45-18-22-6-3-9-31(35)38-22/h2-3,6,9-11,14-16,20,23-24H,1,4-5,7-8,12-13,17-19H2,(H,40,42)(H,36,37,39)/t23-,24?/m0/s1. The number of carbonyl (C=O) groups excluding carboxylic acids is 1. The first-order chi connectivity index (χ1) is 21.9. The van der Waals surface area contributed by atoms with Crippen LogP contribution in [0, 0.1) is 5.95 Å². The number of benzene rings is 2. The van der Waals surface area contributed by atoms with Crippen molar-refractivity contribution >= 4 is 45.6 Å². The van der Waals surface area contributed by atoms with Crippen molar-refractivity contribution < 1.29 is 23.4 Å². The van der Waals surface area contributed by atoms with Crippen LogP contribution < -0.4 is 20.1 Å². The summed E-state index contributed by atoms with van der Waals surface area (Å²) in [7, 11) is 0. The molecule has 4 aromatic rings. The van der Waals surface area contributed by atoms with E-state index in [0.29, 0.717) is 69.1 Å². The van der Waals surface area contributed by atoms with Crippen LogP contribution in [0.25, 0.3) is 10.9 Å². The number of ether oxygens (including phenoxy) is 3. The molecule has 12 heteroatoms. The lowest BCUT2D eigenvalue weighted by atomic mass is 10.1. The number of halogens is 2. The predicted molar refractivity (Wildman–Crippen MR) is 171 cm³/mol. The highest BCUT2D eigenvalue weighted by molar-refractivity contribution is 6.32. The van der Waals surface area contributed by atoms with Crippen molar-refractivity contribution in [3.05, 3.63) is 84.2 Å². The van der Waals surface area contributed by atoms with Crippen molar-refractivity contribution in [3.63, 3.8) is 0 Å². The summed E-state index contributed by atoms with van der Waals surface area (Å²) in [6.45, 7) is 6.84. The number of pyridine rings is 1. The van der Waals surface area contributed by atoms with Gasteiger partial charge in [0.25, 0.3) is 0 Å². The summed E-state index contributed by atoms with van der Waals surface area (Å²) in [6, 6.07) is 13.8. The third-order valence-electron chi connectivity index (χ3n) is 7.91. The molecule has 2 aromatic heterocycles. The summed E-state index contributed by atoms with van der Waals surface area (Å²) in [5.41, 5.74) is 2.22. The number of morpholine rings is 1. The molecular weight excluding hydrogens is 599 g/mol. The van der Waals surface area contributed by atoms with E-state index in [0.717, 1.165) is 32.5 Å². The lowest BCUT2D eigenvalue weighted by Gasteiger charge is -2.36. The van der Waals surface area contributed by atoms with Crippen LogP contribution in [0.2, 0.25) is 5.02 Å². The summed E-state index contributed by atoms with van der Waals surface area (Å²) in [5.74, 6) is 0.513. The number of hydrogen-bond donors (Lipinski definition) is 2. The molecule has 0 spiro atoms. The Bertz CT molecular complexity index is 1690. The zero-order chi connectivity index (χ0) is 31.2. The molecule has 0 radical (unpaired) electrons. The number of nitrogens with one attached hydrogen (secondary N) is 2. The first kappa shape index (κ1) is 30.7. The van der Waals surface area contributed by atoms with E-state index < -0.39 is 5.95 Å². The average molecular weight is 633 g/mol. The zero-order valence-electron chi connectivity index (χ0n) is 24.7. The maximum atomic E-state index is 13.4. The Balaban J connectivity index is 1.15. The van der Waals surface area contributed by atoms with Gasteiger partial charge in [-0.3, -0.25) is 9.69 Å². The second-order valence-electron chi connectivity index (χ2n) is 11.0. The van der Waals surface area contributed by atoms with E-state index in [1.54, 1.807) is 42.5 Å². The van der Waals surface area contributed by atoms with Crippen LogP contribution in [0.4, 0.5) is 21.6 Å². The summed E-state index contributed by atoms with van der Waals surface area (Å²) in [6.07, 6.45) is 7.36. The number of nitrogens with zero attached hydrogens (tertiary/aromatic N) is 4. The minimum Gasteiger partial charge on any atom is -0.491 e. The van der Waals surface area contributed by atoms with E-state index in [4.69, 9.17) is 25.8 Å². The van der Waals surface area contributed by atoms with Gasteiger partial charge in [0, 0.05) is 36.3 Å². The average Bonchev–Trinajstić information content (AvgIpc) is 3.39. The van der Waals surface area contributed by atoms with Gasteiger partial charge in [0.2, 0.25) is 11.9 Å². The Kier molecular flexibility index (Phi) is 9.68. The predicted octanol–water partition coefficient (Wildman–Crippen LogP) is 6.29. The van der Waals surface area contributed by atoms with Crippen LogP contribution in [0.5, 0.6) is 11.5 Å². The normalized spacial score (nSPS) is 17.9. The van der Waals surface area contributed by atoms with Gasteiger partial charge in [0.15, 0.2) is 0 Å². The molecule has 3 fully saturated rings. The van der Waals surface area contributed by atoms with Crippen LogP contribution in [-0.2, 0) is 16.1 Å². The van der Waals surface area contributed by atoms with Crippen molar-refractivity contribution in [2.75, 3.05) is 36.9 Å². The molecule has 0 aliphatic carbocycles. The summed E-state index contributed by atoms with van der Waals surface area (Å²) in [5, 5.41) is 7.14. The van der Waals surface area contributed by atoms with Gasteiger partial charge < -0.3 is 24.8 Å². The number of rotatable bonds is 12. The number of aromatic nitrogens is 3. The largest absolute Gasteiger partial charge is 0.491 e. The molecular formula is C33H34ClFN6O4. The van der Waals surface area contributed by atoms with Crippen molar-refractivity contribution in [1.29, 1.82) is 0 Å². The molecule has 1 amide bonds. The Morgan fingerprint density at radius 3 is 2.91 bits per heavy atom. The van der Waals surface area contributed by atoms with Gasteiger partial charge in [0.05, 0.1) is 41.2 Å². The van der Waals surface area contributed by atoms with Crippen molar-refractivity contribution in [1.82, 2.24) is 19.9 Å². The maximum absolute atomic E-state index is 13.4. The van der Waals surface area contributed by atoms with E-state index in [2.05, 4.69) is 37.1 Å². The van der Waals surface area contributed by atoms with E-state index in [1.807, 2.05) is 0 Å². The van der Waals surface area contributed by atoms with Crippen molar-refractivity contribution in [2.45, 2.75) is 44.4 Å². The zero-order valence-corrected chi connectivity index (χ0v) is 25.4. The van der Waals surface area contributed by atoms with Crippen LogP contribution in [0.15, 0.2) is 67.5 Å².